The van der Waals surface area contributed by atoms with Crippen molar-refractivity contribution in [2.45, 2.75) is 56.5 Å². The predicted molar refractivity (Wildman–Crippen MR) is 92.8 cm³/mol. The van der Waals surface area contributed by atoms with Gasteiger partial charge in [-0.15, -0.1) is 5.73 Å². The summed E-state index contributed by atoms with van der Waals surface area (Å²) in [6.45, 7) is 3.60. The molecule has 1 atom stereocenters. The van der Waals surface area contributed by atoms with Crippen molar-refractivity contribution in [3.8, 4) is 0 Å². The highest BCUT2D eigenvalue weighted by Crippen LogP contribution is 2.54. The summed E-state index contributed by atoms with van der Waals surface area (Å²) >= 11 is 0. The fourth-order valence-corrected chi connectivity index (χ4v) is 4.20. The van der Waals surface area contributed by atoms with Crippen LogP contribution in [0.2, 0.25) is 0 Å². The zero-order valence-corrected chi connectivity index (χ0v) is 13.8. The van der Waals surface area contributed by atoms with Gasteiger partial charge in [-0.25, -0.2) is 0 Å². The lowest BCUT2D eigenvalue weighted by Crippen LogP contribution is -2.55. The van der Waals surface area contributed by atoms with Gasteiger partial charge < -0.3 is 4.90 Å². The van der Waals surface area contributed by atoms with Crippen LogP contribution in [0.25, 0.3) is 0 Å². The van der Waals surface area contributed by atoms with Gasteiger partial charge in [-0.3, -0.25) is 14.9 Å². The monoisotopic (exact) mass is 322 g/mol. The third-order valence-corrected chi connectivity index (χ3v) is 5.50. The molecule has 2 amide bonds. The number of fused-ring (bicyclic) bond motifs is 1. The van der Waals surface area contributed by atoms with Gasteiger partial charge in [0.25, 0.3) is 0 Å². The van der Waals surface area contributed by atoms with Crippen LogP contribution in [0, 0.1) is 0 Å². The number of benzene rings is 1. The van der Waals surface area contributed by atoms with Crippen molar-refractivity contribution in [1.82, 2.24) is 5.32 Å². The number of aryl methyl sites for hydroxylation is 1. The molecule has 4 nitrogen and oxygen atoms in total. The Morgan fingerprint density at radius 2 is 2.21 bits per heavy atom. The molecule has 2 fully saturated rings. The van der Waals surface area contributed by atoms with E-state index in [1.54, 1.807) is 0 Å². The Hall–Kier alpha value is -2.32. The average Bonchev–Trinajstić information content (AvgIpc) is 3.24. The summed E-state index contributed by atoms with van der Waals surface area (Å²) in [5.74, 6) is -0.281. The molecule has 1 unspecified atom stereocenters. The van der Waals surface area contributed by atoms with E-state index in [1.807, 2.05) is 6.08 Å². The predicted octanol–water partition coefficient (Wildman–Crippen LogP) is 2.66. The van der Waals surface area contributed by atoms with E-state index in [2.05, 4.69) is 40.7 Å². The van der Waals surface area contributed by atoms with Crippen LogP contribution in [0.4, 0.5) is 5.69 Å². The Morgan fingerprint density at radius 3 is 2.92 bits per heavy atom. The topological polar surface area (TPSA) is 49.4 Å². The molecular weight excluding hydrogens is 300 g/mol. The molecule has 1 spiro atoms. The number of anilines is 1. The quantitative estimate of drug-likeness (QED) is 0.685. The fraction of sp³-hybridized carbons (Fsp3) is 0.450. The number of rotatable bonds is 4. The number of allylic oxidation sites excluding steroid dienone is 1. The lowest BCUT2D eigenvalue weighted by molar-refractivity contribution is -0.134. The highest BCUT2D eigenvalue weighted by Gasteiger charge is 2.56. The van der Waals surface area contributed by atoms with Crippen molar-refractivity contribution in [1.29, 1.82) is 0 Å². The normalized spacial score (nSPS) is 23.7. The van der Waals surface area contributed by atoms with E-state index < -0.39 is 0 Å². The van der Waals surface area contributed by atoms with Crippen molar-refractivity contribution in [3.05, 3.63) is 47.7 Å². The lowest BCUT2D eigenvalue weighted by Gasteiger charge is -2.36. The minimum atomic E-state index is -0.207. The standard InChI is InChI=1S/C20H22N2O2/c1-2-3-4-5-14-6-7-16-15(12-14)13-20(10-11-20)22(16)17-8-9-18(23)21-19(17)24/h3,6-7,12,17H,1,4-5,8-11,13H2,(H,21,23,24). The minimum Gasteiger partial charge on any atom is -0.353 e. The van der Waals surface area contributed by atoms with Crippen molar-refractivity contribution < 1.29 is 9.59 Å². The summed E-state index contributed by atoms with van der Waals surface area (Å²) in [5, 5.41) is 2.51. The molecule has 1 saturated carbocycles. The van der Waals surface area contributed by atoms with E-state index >= 15 is 0 Å². The second kappa shape index (κ2) is 5.64. The molecule has 1 saturated heterocycles. The number of carbonyl (C=O) groups is 2. The third-order valence-electron chi connectivity index (χ3n) is 5.50. The average molecular weight is 322 g/mol. The molecule has 3 aliphatic rings. The number of hydrogen-bond donors (Lipinski definition) is 1. The summed E-state index contributed by atoms with van der Waals surface area (Å²) in [7, 11) is 0. The van der Waals surface area contributed by atoms with Crippen LogP contribution >= 0.6 is 0 Å². The Bertz CT molecular complexity index is 757. The second-order valence-corrected chi connectivity index (χ2v) is 7.15. The largest absolute Gasteiger partial charge is 0.353 e. The first-order valence-electron chi connectivity index (χ1n) is 8.72. The van der Waals surface area contributed by atoms with Crippen molar-refractivity contribution in [2.75, 3.05) is 4.90 Å². The maximum absolute atomic E-state index is 12.4. The van der Waals surface area contributed by atoms with E-state index in [-0.39, 0.29) is 23.4 Å². The first-order chi connectivity index (χ1) is 11.6. The molecule has 1 aliphatic carbocycles. The van der Waals surface area contributed by atoms with Crippen LogP contribution < -0.4 is 10.2 Å². The molecular formula is C20H22N2O2. The Labute approximate surface area is 142 Å². The Morgan fingerprint density at radius 1 is 1.38 bits per heavy atom. The van der Waals surface area contributed by atoms with E-state index in [0.29, 0.717) is 12.8 Å². The molecule has 124 valence electrons. The number of hydrogen-bond acceptors (Lipinski definition) is 3. The smallest absolute Gasteiger partial charge is 0.249 e. The molecule has 2 aliphatic heterocycles. The van der Waals surface area contributed by atoms with Gasteiger partial charge in [0.1, 0.15) is 6.04 Å². The Balaban J connectivity index is 1.62. The van der Waals surface area contributed by atoms with Crippen LogP contribution in [0.5, 0.6) is 0 Å². The summed E-state index contributed by atoms with van der Waals surface area (Å²) in [6.07, 6.45) is 8.24. The van der Waals surface area contributed by atoms with Gasteiger partial charge in [-0.05, 0) is 61.8 Å². The molecule has 1 aromatic carbocycles. The maximum Gasteiger partial charge on any atom is 0.249 e. The number of carbonyl (C=O) groups excluding carboxylic acids is 2. The Kier molecular flexibility index (Phi) is 3.58. The van der Waals surface area contributed by atoms with E-state index in [0.717, 1.165) is 32.1 Å². The first kappa shape index (κ1) is 15.2. The highest BCUT2D eigenvalue weighted by atomic mass is 16.2. The van der Waals surface area contributed by atoms with Gasteiger partial charge in [0.2, 0.25) is 11.8 Å². The molecule has 4 rings (SSSR count). The number of imide groups is 1. The van der Waals surface area contributed by atoms with E-state index in [4.69, 9.17) is 0 Å². The van der Waals surface area contributed by atoms with Crippen LogP contribution in [-0.4, -0.2) is 23.4 Å². The second-order valence-electron chi connectivity index (χ2n) is 7.15. The molecule has 0 bridgehead atoms. The van der Waals surface area contributed by atoms with Gasteiger partial charge in [-0.1, -0.05) is 18.7 Å². The number of piperidine rings is 1. The maximum atomic E-state index is 12.4. The van der Waals surface area contributed by atoms with Crippen molar-refractivity contribution in [3.63, 3.8) is 0 Å². The van der Waals surface area contributed by atoms with Crippen LogP contribution in [-0.2, 0) is 22.4 Å². The lowest BCUT2D eigenvalue weighted by atomic mass is 10.0. The van der Waals surface area contributed by atoms with Crippen LogP contribution in [0.1, 0.15) is 43.2 Å². The molecule has 1 aromatic rings. The van der Waals surface area contributed by atoms with Gasteiger partial charge in [0, 0.05) is 17.6 Å². The molecule has 0 radical (unpaired) electrons. The van der Waals surface area contributed by atoms with Crippen molar-refractivity contribution in [2.24, 2.45) is 0 Å². The molecule has 0 aromatic heterocycles. The van der Waals surface area contributed by atoms with Gasteiger partial charge in [-0.2, -0.15) is 0 Å². The number of amides is 2. The van der Waals surface area contributed by atoms with E-state index in [1.165, 1.54) is 16.8 Å². The summed E-state index contributed by atoms with van der Waals surface area (Å²) in [4.78, 5) is 26.1. The third kappa shape index (κ3) is 2.47. The summed E-state index contributed by atoms with van der Waals surface area (Å²) in [5.41, 5.74) is 6.78. The first-order valence-corrected chi connectivity index (χ1v) is 8.72. The van der Waals surface area contributed by atoms with Crippen LogP contribution in [0.15, 0.2) is 36.6 Å². The molecule has 4 heteroatoms. The fourth-order valence-electron chi connectivity index (χ4n) is 4.20. The minimum absolute atomic E-state index is 0.115. The molecule has 2 heterocycles. The van der Waals surface area contributed by atoms with Crippen molar-refractivity contribution >= 4 is 17.5 Å². The van der Waals surface area contributed by atoms with E-state index in [9.17, 15) is 9.59 Å². The van der Waals surface area contributed by atoms with Gasteiger partial charge >= 0.3 is 0 Å². The summed E-state index contributed by atoms with van der Waals surface area (Å²) < 4.78 is 0. The van der Waals surface area contributed by atoms with Crippen LogP contribution in [0.3, 0.4) is 0 Å². The SMILES string of the molecule is C=C=CCCc1ccc2c(c1)CC1(CC1)N2C1CCC(=O)NC1=O. The van der Waals surface area contributed by atoms with Gasteiger partial charge in [0.05, 0.1) is 0 Å². The number of nitrogens with one attached hydrogen (secondary N) is 1. The zero-order valence-electron chi connectivity index (χ0n) is 13.8. The summed E-state index contributed by atoms with van der Waals surface area (Å²) in [6, 6.07) is 6.41. The number of nitrogens with zero attached hydrogens (tertiary/aromatic N) is 1. The highest BCUT2D eigenvalue weighted by molar-refractivity contribution is 6.02. The zero-order chi connectivity index (χ0) is 16.7. The molecule has 24 heavy (non-hydrogen) atoms. The molecule has 1 N–H and O–H groups in total. The van der Waals surface area contributed by atoms with Gasteiger partial charge in [0.15, 0.2) is 0 Å².